The first-order valence-corrected chi connectivity index (χ1v) is 17.5. The first-order chi connectivity index (χ1) is 24.7. The fourth-order valence-corrected chi connectivity index (χ4v) is 6.78. The number of benzene rings is 3. The van der Waals surface area contributed by atoms with E-state index in [0.717, 1.165) is 6.42 Å². The van der Waals surface area contributed by atoms with Crippen LogP contribution in [-0.4, -0.2) is 42.9 Å². The van der Waals surface area contributed by atoms with Crippen LogP contribution >= 0.6 is 11.3 Å². The smallest absolute Gasteiger partial charge is 0.338 e. The minimum atomic E-state index is -0.958. The lowest BCUT2D eigenvalue weighted by Crippen LogP contribution is -2.40. The summed E-state index contributed by atoms with van der Waals surface area (Å²) in [5, 5.41) is 0. The van der Waals surface area contributed by atoms with Gasteiger partial charge in [-0.25, -0.2) is 14.6 Å². The molecule has 262 valence electrons. The zero-order valence-electron chi connectivity index (χ0n) is 29.0. The number of ether oxygens (including phenoxy) is 4. The van der Waals surface area contributed by atoms with Gasteiger partial charge in [-0.05, 0) is 57.5 Å². The largest absolute Gasteiger partial charge is 0.493 e. The van der Waals surface area contributed by atoms with Crippen LogP contribution in [0.1, 0.15) is 67.4 Å². The summed E-state index contributed by atoms with van der Waals surface area (Å²) < 4.78 is 30.9. The third kappa shape index (κ3) is 7.29. The highest BCUT2D eigenvalue weighted by molar-refractivity contribution is 7.07. The molecule has 11 heteroatoms. The molecule has 6 rings (SSSR count). The number of aromatic nitrogens is 1. The molecule has 2 aromatic heterocycles. The van der Waals surface area contributed by atoms with Crippen molar-refractivity contribution in [2.24, 2.45) is 4.99 Å². The molecule has 0 N–H and O–H groups in total. The van der Waals surface area contributed by atoms with Gasteiger partial charge in [0.1, 0.15) is 17.6 Å². The topological polar surface area (TPSA) is 119 Å². The van der Waals surface area contributed by atoms with Crippen LogP contribution in [0.5, 0.6) is 11.5 Å². The van der Waals surface area contributed by atoms with Crippen LogP contribution in [0.15, 0.2) is 105 Å². The zero-order valence-corrected chi connectivity index (χ0v) is 29.8. The molecule has 0 saturated heterocycles. The van der Waals surface area contributed by atoms with Crippen LogP contribution in [0.25, 0.3) is 23.1 Å². The summed E-state index contributed by atoms with van der Waals surface area (Å²) in [4.78, 5) is 46.3. The van der Waals surface area contributed by atoms with Crippen molar-refractivity contribution in [2.45, 2.75) is 46.3 Å². The molecule has 5 aromatic rings. The number of fused-ring (bicyclic) bond motifs is 1. The molecule has 0 aliphatic carbocycles. The van der Waals surface area contributed by atoms with Crippen molar-refractivity contribution in [3.63, 3.8) is 0 Å². The summed E-state index contributed by atoms with van der Waals surface area (Å²) in [6.45, 7) is 7.83. The number of methoxy groups -OCH3 is 1. The van der Waals surface area contributed by atoms with E-state index in [1.54, 1.807) is 76.4 Å². The van der Waals surface area contributed by atoms with Crippen LogP contribution in [0.4, 0.5) is 0 Å². The Hall–Kier alpha value is -5.68. The van der Waals surface area contributed by atoms with Gasteiger partial charge in [0, 0.05) is 22.8 Å². The normalized spacial score (nSPS) is 14.2. The van der Waals surface area contributed by atoms with Crippen LogP contribution < -0.4 is 24.4 Å². The Kier molecular flexibility index (Phi) is 10.7. The van der Waals surface area contributed by atoms with Gasteiger partial charge in [-0.1, -0.05) is 72.9 Å². The van der Waals surface area contributed by atoms with E-state index in [1.807, 2.05) is 49.4 Å². The lowest BCUT2D eigenvalue weighted by Gasteiger charge is -2.27. The maximum Gasteiger partial charge on any atom is 0.338 e. The predicted octanol–water partition coefficient (Wildman–Crippen LogP) is 6.56. The number of furan rings is 1. The molecule has 3 aromatic carbocycles. The molecule has 1 atom stereocenters. The summed E-state index contributed by atoms with van der Waals surface area (Å²) in [6, 6.07) is 24.3. The Morgan fingerprint density at radius 2 is 1.73 bits per heavy atom. The SMILES string of the molecule is CCCOc1c(OC)cccc1[C@@H]1C(C(=O)OCC)=C(c2ccccc2)N=c2s/c(=C/c3ccc(-c4cccc(C(=O)OC(C)C)c4)o3)c(=O)n21. The first-order valence-electron chi connectivity index (χ1n) is 16.7. The summed E-state index contributed by atoms with van der Waals surface area (Å²) in [5.74, 6) is 0.797. The van der Waals surface area contributed by atoms with Crippen molar-refractivity contribution in [3.05, 3.63) is 133 Å². The molecule has 0 bridgehead atoms. The predicted molar refractivity (Wildman–Crippen MR) is 195 cm³/mol. The molecule has 0 unspecified atom stereocenters. The number of carbonyl (C=O) groups excluding carboxylic acids is 2. The fourth-order valence-electron chi connectivity index (χ4n) is 5.80. The third-order valence-electron chi connectivity index (χ3n) is 7.97. The second kappa shape index (κ2) is 15.5. The Morgan fingerprint density at radius 3 is 2.45 bits per heavy atom. The molecule has 10 nitrogen and oxygen atoms in total. The summed E-state index contributed by atoms with van der Waals surface area (Å²) in [7, 11) is 1.55. The van der Waals surface area contributed by atoms with Crippen molar-refractivity contribution < 1.29 is 33.0 Å². The lowest BCUT2D eigenvalue weighted by atomic mass is 9.92. The van der Waals surface area contributed by atoms with Gasteiger partial charge >= 0.3 is 11.9 Å². The number of para-hydroxylation sites is 1. The number of nitrogens with zero attached hydrogens (tertiary/aromatic N) is 2. The number of hydrogen-bond acceptors (Lipinski definition) is 10. The third-order valence-corrected chi connectivity index (χ3v) is 8.96. The summed E-state index contributed by atoms with van der Waals surface area (Å²) in [5.41, 5.74) is 2.55. The number of esters is 2. The number of thiazole rings is 1. The number of hydrogen-bond donors (Lipinski definition) is 0. The van der Waals surface area contributed by atoms with E-state index in [0.29, 0.717) is 66.9 Å². The van der Waals surface area contributed by atoms with Crippen LogP contribution in [0, 0.1) is 0 Å². The first kappa shape index (κ1) is 35.2. The van der Waals surface area contributed by atoms with Crippen molar-refractivity contribution in [2.75, 3.05) is 20.3 Å². The second-order valence-electron chi connectivity index (χ2n) is 11.9. The van der Waals surface area contributed by atoms with Gasteiger partial charge in [0.2, 0.25) is 0 Å². The van der Waals surface area contributed by atoms with Crippen LogP contribution in [0.3, 0.4) is 0 Å². The fraction of sp³-hybridized carbons (Fsp3) is 0.250. The molecular weight excluding hydrogens is 669 g/mol. The summed E-state index contributed by atoms with van der Waals surface area (Å²) in [6.07, 6.45) is 2.13. The molecule has 0 amide bonds. The van der Waals surface area contributed by atoms with Crippen LogP contribution in [-0.2, 0) is 14.3 Å². The Balaban J connectivity index is 1.53. The minimum absolute atomic E-state index is 0.126. The molecule has 0 spiro atoms. The second-order valence-corrected chi connectivity index (χ2v) is 12.9. The highest BCUT2D eigenvalue weighted by atomic mass is 32.1. The highest BCUT2D eigenvalue weighted by Crippen LogP contribution is 2.42. The zero-order chi connectivity index (χ0) is 36.1. The molecule has 51 heavy (non-hydrogen) atoms. The van der Waals surface area contributed by atoms with Crippen LogP contribution in [0.2, 0.25) is 0 Å². The molecule has 1 aliphatic rings. The Labute approximate surface area is 298 Å². The highest BCUT2D eigenvalue weighted by Gasteiger charge is 2.37. The van der Waals surface area contributed by atoms with Gasteiger partial charge in [0.05, 0.1) is 47.8 Å². The average molecular weight is 707 g/mol. The molecule has 1 aliphatic heterocycles. The van der Waals surface area contributed by atoms with E-state index >= 15 is 0 Å². The van der Waals surface area contributed by atoms with E-state index in [2.05, 4.69) is 0 Å². The van der Waals surface area contributed by atoms with Crippen molar-refractivity contribution in [1.82, 2.24) is 4.57 Å². The number of rotatable bonds is 12. The van der Waals surface area contributed by atoms with E-state index in [4.69, 9.17) is 28.4 Å². The maximum atomic E-state index is 14.5. The molecule has 0 fully saturated rings. The average Bonchev–Trinajstić information content (AvgIpc) is 3.73. The van der Waals surface area contributed by atoms with Gasteiger partial charge in [-0.15, -0.1) is 0 Å². The van der Waals surface area contributed by atoms with E-state index in [-0.39, 0.29) is 23.8 Å². The van der Waals surface area contributed by atoms with Crippen molar-refractivity contribution in [3.8, 4) is 22.8 Å². The minimum Gasteiger partial charge on any atom is -0.493 e. The van der Waals surface area contributed by atoms with Crippen molar-refractivity contribution in [1.29, 1.82) is 0 Å². The van der Waals surface area contributed by atoms with Gasteiger partial charge in [0.15, 0.2) is 16.3 Å². The van der Waals surface area contributed by atoms with Crippen molar-refractivity contribution >= 4 is 35.0 Å². The van der Waals surface area contributed by atoms with Gasteiger partial charge < -0.3 is 23.4 Å². The van der Waals surface area contributed by atoms with Gasteiger partial charge in [-0.3, -0.25) is 9.36 Å². The Morgan fingerprint density at radius 1 is 0.961 bits per heavy atom. The Bertz CT molecular complexity index is 2280. The monoisotopic (exact) mass is 706 g/mol. The van der Waals surface area contributed by atoms with E-state index in [1.165, 1.54) is 15.9 Å². The lowest BCUT2D eigenvalue weighted by molar-refractivity contribution is -0.138. The standard InChI is InChI=1S/C40H38N2O8S/c1-6-21-48-36-29(17-12-18-31(36)46-5)35-33(39(45)47-7-2)34(25-13-9-8-10-14-25)41-40-42(35)37(43)32(51-40)23-28-19-20-30(50-28)26-15-11-16-27(22-26)38(44)49-24(3)4/h8-20,22-24,35H,6-7,21H2,1-5H3/b32-23+/t35-/m1/s1. The van der Waals surface area contributed by atoms with Gasteiger partial charge in [-0.2, -0.15) is 0 Å². The quantitative estimate of drug-likeness (QED) is 0.134. The number of carbonyl (C=O) groups is 2. The maximum absolute atomic E-state index is 14.5. The molecule has 0 radical (unpaired) electrons. The molecule has 0 saturated carbocycles. The molecular formula is C40H38N2O8S. The van der Waals surface area contributed by atoms with E-state index in [9.17, 15) is 14.4 Å². The van der Waals surface area contributed by atoms with E-state index < -0.39 is 18.0 Å². The summed E-state index contributed by atoms with van der Waals surface area (Å²) >= 11 is 1.18. The molecule has 3 heterocycles. The van der Waals surface area contributed by atoms with Gasteiger partial charge in [0.25, 0.3) is 5.56 Å².